The van der Waals surface area contributed by atoms with Crippen molar-refractivity contribution in [2.45, 2.75) is 11.8 Å². The van der Waals surface area contributed by atoms with Gasteiger partial charge in [0.2, 0.25) is 5.88 Å². The minimum atomic E-state index is -0.316. The fraction of sp³-hybridized carbons (Fsp3) is 0.111. The van der Waals surface area contributed by atoms with Gasteiger partial charge in [0.1, 0.15) is 34.3 Å². The molecule has 0 radical (unpaired) electrons. The highest BCUT2D eigenvalue weighted by Gasteiger charge is 2.13. The molecule has 2 aromatic carbocycles. The molecule has 0 saturated heterocycles. The van der Waals surface area contributed by atoms with Gasteiger partial charge in [-0.15, -0.1) is 70.5 Å². The Morgan fingerprint density at radius 3 is 1.79 bits per heavy atom. The third-order valence-corrected chi connectivity index (χ3v) is 6.37. The number of fused-ring (bicyclic) bond motifs is 2. The van der Waals surface area contributed by atoms with Crippen molar-refractivity contribution in [1.29, 1.82) is 0 Å². The number of aromatic nitrogens is 6. The van der Waals surface area contributed by atoms with Crippen LogP contribution in [0.4, 0.5) is 8.78 Å². The number of nitrogens with one attached hydrogen (secondary N) is 1. The maximum Gasteiger partial charge on any atom is 0.369 e. The Balaban J connectivity index is 0.000000176. The molecular formula is C27H20BBr3Cl2F2N6O2. The SMILES string of the molecule is BrB(Br)Br.COc1nc(CCl)cn2c(-c3ccc(F)cc3)ncc12.O=c1[nH]c(CCl)cn2c(-c3ccc(F)cc3)ncc12. The highest BCUT2D eigenvalue weighted by Crippen LogP contribution is 2.25. The van der Waals surface area contributed by atoms with Crippen molar-refractivity contribution in [1.82, 2.24) is 28.7 Å². The van der Waals surface area contributed by atoms with Gasteiger partial charge in [0.15, 0.2) is 0 Å². The standard InChI is InChI=1S/C14H11ClFN3O.C13H9ClFN3O.BBr3/c1-20-14-12-7-17-13(9-2-4-10(16)5-3-9)19(12)8-11(6-15)18-14;14-5-10-7-18-11(13(19)17-10)6-16-12(18)8-1-3-9(15)4-2-8;2-1(3)4/h2-5,7-8H,6H2,1H3;1-4,6-7H,5H2,(H,17,19);. The molecule has 43 heavy (non-hydrogen) atoms. The summed E-state index contributed by atoms with van der Waals surface area (Å²) in [5.41, 5.74) is 3.72. The monoisotopic (exact) mass is 816 g/mol. The number of halogens is 7. The first-order chi connectivity index (χ1) is 20.6. The summed E-state index contributed by atoms with van der Waals surface area (Å²) in [7, 11) is 1.55. The zero-order chi connectivity index (χ0) is 31.1. The molecule has 0 spiro atoms. The molecule has 0 amide bonds. The van der Waals surface area contributed by atoms with Crippen LogP contribution < -0.4 is 10.3 Å². The Morgan fingerprint density at radius 1 is 0.837 bits per heavy atom. The van der Waals surface area contributed by atoms with Crippen LogP contribution in [-0.2, 0) is 11.8 Å². The first kappa shape index (κ1) is 33.1. The van der Waals surface area contributed by atoms with Crippen LogP contribution in [-0.4, -0.2) is 39.0 Å². The second-order valence-corrected chi connectivity index (χ2v) is 15.5. The predicted molar refractivity (Wildman–Crippen MR) is 178 cm³/mol. The summed E-state index contributed by atoms with van der Waals surface area (Å²) in [6, 6.07) is 12.1. The Hall–Kier alpha value is -2.78. The fourth-order valence-corrected chi connectivity index (χ4v) is 4.25. The van der Waals surface area contributed by atoms with E-state index in [0.29, 0.717) is 34.4 Å². The number of hydrogen-bond acceptors (Lipinski definition) is 5. The van der Waals surface area contributed by atoms with E-state index in [4.69, 9.17) is 27.9 Å². The Labute approximate surface area is 279 Å². The van der Waals surface area contributed by atoms with Crippen molar-refractivity contribution in [3.8, 4) is 28.7 Å². The third-order valence-electron chi connectivity index (χ3n) is 5.81. The van der Waals surface area contributed by atoms with Crippen LogP contribution in [0.2, 0.25) is 0 Å². The molecule has 0 fully saturated rings. The topological polar surface area (TPSA) is 89.6 Å². The number of H-pyrrole nitrogens is 1. The van der Waals surface area contributed by atoms with Crippen LogP contribution in [0.25, 0.3) is 33.8 Å². The quantitative estimate of drug-likeness (QED) is 0.141. The number of methoxy groups -OCH3 is 1. The lowest BCUT2D eigenvalue weighted by atomic mass is 10.2. The average Bonchev–Trinajstić information content (AvgIpc) is 3.62. The molecule has 0 unspecified atom stereocenters. The summed E-state index contributed by atoms with van der Waals surface area (Å²) in [5, 5.41) is 0. The van der Waals surface area contributed by atoms with Crippen molar-refractivity contribution >= 4 is 84.7 Å². The number of rotatable bonds is 5. The van der Waals surface area contributed by atoms with E-state index in [-0.39, 0.29) is 32.1 Å². The van der Waals surface area contributed by atoms with Crippen LogP contribution in [0.15, 0.2) is 78.1 Å². The molecule has 8 nitrogen and oxygen atoms in total. The van der Waals surface area contributed by atoms with E-state index >= 15 is 0 Å². The summed E-state index contributed by atoms with van der Waals surface area (Å²) in [6.45, 7) is 0. The van der Waals surface area contributed by atoms with E-state index in [1.54, 1.807) is 54.4 Å². The van der Waals surface area contributed by atoms with Gasteiger partial charge in [0.25, 0.3) is 5.56 Å². The van der Waals surface area contributed by atoms with Gasteiger partial charge in [0.05, 0.1) is 37.0 Å². The average molecular weight is 820 g/mol. The van der Waals surface area contributed by atoms with E-state index in [0.717, 1.165) is 16.6 Å². The minimum absolute atomic E-state index is 0.201. The molecule has 6 aromatic rings. The van der Waals surface area contributed by atoms with Crippen LogP contribution in [0.3, 0.4) is 0 Å². The molecule has 4 heterocycles. The van der Waals surface area contributed by atoms with Gasteiger partial charge in [-0.1, -0.05) is 0 Å². The predicted octanol–water partition coefficient (Wildman–Crippen LogP) is 8.01. The van der Waals surface area contributed by atoms with Crippen molar-refractivity contribution < 1.29 is 13.5 Å². The lowest BCUT2D eigenvalue weighted by Crippen LogP contribution is -2.11. The molecular weight excluding hydrogens is 800 g/mol. The number of alkyl halides is 2. The van der Waals surface area contributed by atoms with Crippen molar-refractivity contribution in [3.05, 3.63) is 107 Å². The molecule has 222 valence electrons. The molecule has 6 rings (SSSR count). The first-order valence-corrected chi connectivity index (χ1v) is 16.0. The van der Waals surface area contributed by atoms with Crippen molar-refractivity contribution in [2.75, 3.05) is 7.11 Å². The van der Waals surface area contributed by atoms with Gasteiger partial charge in [-0.05, 0) is 48.5 Å². The number of benzene rings is 2. The van der Waals surface area contributed by atoms with Gasteiger partial charge in [-0.2, -0.15) is 0 Å². The van der Waals surface area contributed by atoms with E-state index in [1.165, 1.54) is 30.5 Å². The lowest BCUT2D eigenvalue weighted by molar-refractivity contribution is 0.400. The molecule has 4 aromatic heterocycles. The molecule has 16 heteroatoms. The summed E-state index contributed by atoms with van der Waals surface area (Å²) < 4.78 is 34.9. The van der Waals surface area contributed by atoms with Gasteiger partial charge < -0.3 is 9.72 Å². The molecule has 0 aliphatic rings. The Morgan fingerprint density at radius 2 is 1.33 bits per heavy atom. The Bertz CT molecular complexity index is 1880. The van der Waals surface area contributed by atoms with Crippen LogP contribution in [0, 0.1) is 11.6 Å². The van der Waals surface area contributed by atoms with E-state index in [2.05, 4.69) is 67.2 Å². The largest absolute Gasteiger partial charge is 0.479 e. The number of imidazole rings is 2. The fourth-order valence-electron chi connectivity index (χ4n) is 3.98. The lowest BCUT2D eigenvalue weighted by Gasteiger charge is -2.07. The zero-order valence-corrected chi connectivity index (χ0v) is 28.4. The van der Waals surface area contributed by atoms with E-state index in [1.807, 2.05) is 4.40 Å². The van der Waals surface area contributed by atoms with Gasteiger partial charge in [-0.25, -0.2) is 23.7 Å². The number of hydrogen-bond donors (Lipinski definition) is 1. The summed E-state index contributed by atoms with van der Waals surface area (Å²) in [6.07, 6.45) is 6.67. The molecule has 0 saturated carbocycles. The molecule has 0 bridgehead atoms. The van der Waals surface area contributed by atoms with E-state index < -0.39 is 0 Å². The summed E-state index contributed by atoms with van der Waals surface area (Å²) >= 11 is 20.9. The molecule has 0 aliphatic heterocycles. The van der Waals surface area contributed by atoms with Gasteiger partial charge in [0, 0.05) is 29.2 Å². The smallest absolute Gasteiger partial charge is 0.369 e. The third kappa shape index (κ3) is 8.24. The van der Waals surface area contributed by atoms with Crippen LogP contribution >= 0.6 is 70.5 Å². The molecule has 0 aliphatic carbocycles. The number of nitrogens with zero attached hydrogens (tertiary/aromatic N) is 5. The maximum atomic E-state index is 13.0. The van der Waals surface area contributed by atoms with Crippen molar-refractivity contribution in [2.24, 2.45) is 0 Å². The second-order valence-electron chi connectivity index (χ2n) is 8.55. The van der Waals surface area contributed by atoms with Crippen LogP contribution in [0.1, 0.15) is 11.4 Å². The highest BCUT2D eigenvalue weighted by molar-refractivity contribution is 9.69. The number of ether oxygens (including phenoxy) is 1. The van der Waals surface area contributed by atoms with E-state index in [9.17, 15) is 13.6 Å². The molecule has 1 N–H and O–H groups in total. The summed E-state index contributed by atoms with van der Waals surface area (Å²) in [5.74, 6) is 1.60. The summed E-state index contributed by atoms with van der Waals surface area (Å²) in [4.78, 5) is 27.3. The normalized spacial score (nSPS) is 10.6. The Kier molecular flexibility index (Phi) is 11.8. The van der Waals surface area contributed by atoms with Crippen LogP contribution in [0.5, 0.6) is 5.88 Å². The zero-order valence-electron chi connectivity index (χ0n) is 22.1. The number of aromatic amines is 1. The van der Waals surface area contributed by atoms with Gasteiger partial charge >= 0.3 is 3.18 Å². The molecule has 0 atom stereocenters. The maximum absolute atomic E-state index is 13.0. The van der Waals surface area contributed by atoms with Gasteiger partial charge in [-0.3, -0.25) is 13.6 Å². The second kappa shape index (κ2) is 15.3. The highest BCUT2D eigenvalue weighted by atomic mass is 79.9. The van der Waals surface area contributed by atoms with Crippen molar-refractivity contribution in [3.63, 3.8) is 0 Å². The minimum Gasteiger partial charge on any atom is -0.479 e. The first-order valence-electron chi connectivity index (χ1n) is 12.2.